The normalized spacial score (nSPS) is 17.8. The Labute approximate surface area is 170 Å². The van der Waals surface area contributed by atoms with Crippen LogP contribution in [0.2, 0.25) is 0 Å². The SMILES string of the molecule is CC(=O)c1c[nH]c(C(=O)N2CCN(S(=O)(=O)c3ccc4c(c3)CCCC4)CC2)c1. The van der Waals surface area contributed by atoms with Gasteiger partial charge in [0.25, 0.3) is 5.91 Å². The molecule has 7 nitrogen and oxygen atoms in total. The van der Waals surface area contributed by atoms with Crippen LogP contribution >= 0.6 is 0 Å². The molecule has 154 valence electrons. The minimum Gasteiger partial charge on any atom is -0.356 e. The number of ketones is 1. The van der Waals surface area contributed by atoms with E-state index in [1.165, 1.54) is 23.0 Å². The Balaban J connectivity index is 1.44. The number of H-pyrrole nitrogens is 1. The Kier molecular flexibility index (Phi) is 5.31. The first-order valence-corrected chi connectivity index (χ1v) is 11.4. The number of benzene rings is 1. The summed E-state index contributed by atoms with van der Waals surface area (Å²) in [5.74, 6) is -0.329. The summed E-state index contributed by atoms with van der Waals surface area (Å²) >= 11 is 0. The fraction of sp³-hybridized carbons (Fsp3) is 0.429. The van der Waals surface area contributed by atoms with E-state index >= 15 is 0 Å². The van der Waals surface area contributed by atoms with Gasteiger partial charge in [-0.25, -0.2) is 8.42 Å². The molecule has 2 aromatic rings. The smallest absolute Gasteiger partial charge is 0.270 e. The van der Waals surface area contributed by atoms with Crippen molar-refractivity contribution in [3.05, 3.63) is 52.8 Å². The summed E-state index contributed by atoms with van der Waals surface area (Å²) in [6.07, 6.45) is 5.72. The minimum atomic E-state index is -3.57. The van der Waals surface area contributed by atoms with Gasteiger partial charge in [0.15, 0.2) is 5.78 Å². The lowest BCUT2D eigenvalue weighted by molar-refractivity contribution is 0.0692. The van der Waals surface area contributed by atoms with Gasteiger partial charge >= 0.3 is 0 Å². The van der Waals surface area contributed by atoms with E-state index < -0.39 is 10.0 Å². The van der Waals surface area contributed by atoms with Crippen LogP contribution in [0.25, 0.3) is 0 Å². The largest absolute Gasteiger partial charge is 0.356 e. The van der Waals surface area contributed by atoms with E-state index in [4.69, 9.17) is 0 Å². The number of hydrogen-bond donors (Lipinski definition) is 1. The zero-order chi connectivity index (χ0) is 20.6. The van der Waals surface area contributed by atoms with Gasteiger partial charge in [0.1, 0.15) is 5.69 Å². The van der Waals surface area contributed by atoms with Gasteiger partial charge in [-0.2, -0.15) is 4.31 Å². The topological polar surface area (TPSA) is 90.6 Å². The summed E-state index contributed by atoms with van der Waals surface area (Å²) in [5, 5.41) is 0. The third-order valence-electron chi connectivity index (χ3n) is 5.80. The van der Waals surface area contributed by atoms with Crippen LogP contribution in [-0.4, -0.2) is 60.5 Å². The number of rotatable bonds is 4. The van der Waals surface area contributed by atoms with Crippen LogP contribution in [0.3, 0.4) is 0 Å². The van der Waals surface area contributed by atoms with Crippen LogP contribution < -0.4 is 0 Å². The number of sulfonamides is 1. The number of hydrogen-bond acceptors (Lipinski definition) is 4. The van der Waals surface area contributed by atoms with Crippen LogP contribution in [-0.2, 0) is 22.9 Å². The van der Waals surface area contributed by atoms with Crippen molar-refractivity contribution in [3.8, 4) is 0 Å². The molecular weight excluding hydrogens is 390 g/mol. The molecule has 0 spiro atoms. The summed E-state index contributed by atoms with van der Waals surface area (Å²) in [5.41, 5.74) is 3.20. The van der Waals surface area contributed by atoms with Crippen molar-refractivity contribution in [2.45, 2.75) is 37.5 Å². The molecule has 8 heteroatoms. The monoisotopic (exact) mass is 415 g/mol. The molecular formula is C21H25N3O4S. The molecule has 1 aliphatic heterocycles. The molecule has 0 saturated carbocycles. The van der Waals surface area contributed by atoms with Crippen LogP contribution in [0.1, 0.15) is 51.7 Å². The molecule has 1 aromatic carbocycles. The maximum Gasteiger partial charge on any atom is 0.270 e. The van der Waals surface area contributed by atoms with Gasteiger partial charge in [0.05, 0.1) is 4.90 Å². The molecule has 1 saturated heterocycles. The number of carbonyl (C=O) groups excluding carboxylic acids is 2. The third-order valence-corrected chi connectivity index (χ3v) is 7.70. The quantitative estimate of drug-likeness (QED) is 0.776. The second kappa shape index (κ2) is 7.76. The van der Waals surface area contributed by atoms with Crippen molar-refractivity contribution in [1.82, 2.24) is 14.2 Å². The van der Waals surface area contributed by atoms with Crippen molar-refractivity contribution >= 4 is 21.7 Å². The number of aromatic amines is 1. The highest BCUT2D eigenvalue weighted by Crippen LogP contribution is 2.26. The number of aromatic nitrogens is 1. The lowest BCUT2D eigenvalue weighted by atomic mass is 9.92. The summed E-state index contributed by atoms with van der Waals surface area (Å²) in [6, 6.07) is 7.02. The number of aryl methyl sites for hydroxylation is 2. The first-order chi connectivity index (χ1) is 13.9. The fourth-order valence-electron chi connectivity index (χ4n) is 4.04. The second-order valence-corrected chi connectivity index (χ2v) is 9.63. The Hall–Kier alpha value is -2.45. The maximum atomic E-state index is 13.1. The van der Waals surface area contributed by atoms with Crippen LogP contribution in [0.5, 0.6) is 0 Å². The Morgan fingerprint density at radius 1 is 0.966 bits per heavy atom. The highest BCUT2D eigenvalue weighted by Gasteiger charge is 2.31. The molecule has 1 aromatic heterocycles. The number of Topliss-reactive ketones (excluding diaryl/α,β-unsaturated/α-hetero) is 1. The van der Waals surface area contributed by atoms with Crippen LogP contribution in [0.15, 0.2) is 35.4 Å². The molecule has 4 rings (SSSR count). The van der Waals surface area contributed by atoms with Gasteiger partial charge < -0.3 is 9.88 Å². The van der Waals surface area contributed by atoms with Gasteiger partial charge in [-0.3, -0.25) is 9.59 Å². The number of nitrogens with zero attached hydrogens (tertiary/aromatic N) is 2. The lowest BCUT2D eigenvalue weighted by Gasteiger charge is -2.34. The minimum absolute atomic E-state index is 0.110. The number of piperazine rings is 1. The molecule has 0 bridgehead atoms. The van der Waals surface area contributed by atoms with E-state index in [2.05, 4.69) is 4.98 Å². The lowest BCUT2D eigenvalue weighted by Crippen LogP contribution is -2.50. The fourth-order valence-corrected chi connectivity index (χ4v) is 5.52. The average Bonchev–Trinajstić information content (AvgIpc) is 3.23. The van der Waals surface area contributed by atoms with Gasteiger partial charge in [-0.15, -0.1) is 0 Å². The van der Waals surface area contributed by atoms with E-state index in [0.29, 0.717) is 29.2 Å². The first kappa shape index (κ1) is 19.8. The van der Waals surface area contributed by atoms with E-state index in [9.17, 15) is 18.0 Å². The number of nitrogens with one attached hydrogen (secondary N) is 1. The second-order valence-electron chi connectivity index (χ2n) is 7.69. The van der Waals surface area contributed by atoms with Crippen LogP contribution in [0, 0.1) is 0 Å². The molecule has 1 N–H and O–H groups in total. The summed E-state index contributed by atoms with van der Waals surface area (Å²) < 4.78 is 27.6. The Morgan fingerprint density at radius 3 is 2.31 bits per heavy atom. The van der Waals surface area contributed by atoms with Crippen molar-refractivity contribution < 1.29 is 18.0 Å². The van der Waals surface area contributed by atoms with E-state index in [1.807, 2.05) is 12.1 Å². The average molecular weight is 416 g/mol. The maximum absolute atomic E-state index is 13.1. The number of amides is 1. The van der Waals surface area contributed by atoms with Gasteiger partial charge in [0, 0.05) is 37.9 Å². The van der Waals surface area contributed by atoms with Crippen molar-refractivity contribution in [1.29, 1.82) is 0 Å². The third kappa shape index (κ3) is 3.86. The zero-order valence-corrected chi connectivity index (χ0v) is 17.3. The molecule has 1 fully saturated rings. The molecule has 2 aliphatic rings. The van der Waals surface area contributed by atoms with Crippen molar-refractivity contribution in [3.63, 3.8) is 0 Å². The predicted molar refractivity (Wildman–Crippen MR) is 109 cm³/mol. The highest BCUT2D eigenvalue weighted by atomic mass is 32.2. The summed E-state index contributed by atoms with van der Waals surface area (Å²) in [4.78, 5) is 28.9. The van der Waals surface area contributed by atoms with Gasteiger partial charge in [0.2, 0.25) is 10.0 Å². The van der Waals surface area contributed by atoms with Gasteiger partial charge in [-0.05, 0) is 61.9 Å². The van der Waals surface area contributed by atoms with E-state index in [0.717, 1.165) is 31.2 Å². The number of fused-ring (bicyclic) bond motifs is 1. The van der Waals surface area contributed by atoms with Crippen LogP contribution in [0.4, 0.5) is 0 Å². The Bertz CT molecular complexity index is 1050. The molecule has 2 heterocycles. The Morgan fingerprint density at radius 2 is 1.66 bits per heavy atom. The van der Waals surface area contributed by atoms with Crippen molar-refractivity contribution in [2.75, 3.05) is 26.2 Å². The molecule has 1 aliphatic carbocycles. The molecule has 0 atom stereocenters. The molecule has 0 radical (unpaired) electrons. The van der Waals surface area contributed by atoms with E-state index in [1.54, 1.807) is 17.0 Å². The predicted octanol–water partition coefficient (Wildman–Crippen LogP) is 2.24. The van der Waals surface area contributed by atoms with Crippen molar-refractivity contribution in [2.24, 2.45) is 0 Å². The van der Waals surface area contributed by atoms with Gasteiger partial charge in [-0.1, -0.05) is 6.07 Å². The number of carbonyl (C=O) groups is 2. The highest BCUT2D eigenvalue weighted by molar-refractivity contribution is 7.89. The standard InChI is InChI=1S/C21H25N3O4S/c1-15(25)18-13-20(22-14-18)21(26)23-8-10-24(11-9-23)29(27,28)19-7-6-16-4-2-3-5-17(16)12-19/h6-7,12-14,22H,2-5,8-11H2,1H3. The van der Waals surface area contributed by atoms with E-state index in [-0.39, 0.29) is 24.8 Å². The molecule has 29 heavy (non-hydrogen) atoms. The zero-order valence-electron chi connectivity index (χ0n) is 16.5. The molecule has 0 unspecified atom stereocenters. The first-order valence-electron chi connectivity index (χ1n) is 9.97. The molecule has 1 amide bonds. The summed E-state index contributed by atoms with van der Waals surface area (Å²) in [6.45, 7) is 2.59. The summed E-state index contributed by atoms with van der Waals surface area (Å²) in [7, 11) is -3.57.